The zero-order chi connectivity index (χ0) is 9.14. The highest BCUT2D eigenvalue weighted by molar-refractivity contribution is 14.1. The molecule has 1 aromatic heterocycles. The molecule has 64 valence electrons. The Labute approximate surface area is 84.0 Å². The molecule has 0 bridgehead atoms. The third-order valence-corrected chi connectivity index (χ3v) is 1.88. The highest BCUT2D eigenvalue weighted by Gasteiger charge is 2.02. The fourth-order valence-corrected chi connectivity index (χ4v) is 1.74. The summed E-state index contributed by atoms with van der Waals surface area (Å²) in [6, 6.07) is 3.70. The molecule has 3 nitrogen and oxygen atoms in total. The standard InChI is InChI=1S/C8H8INO2/c1-5-2-6(4-8(11)12)10-7(9)3-5/h2-3H,4H2,1H3,(H,11,12). The van der Waals surface area contributed by atoms with Gasteiger partial charge in [0.05, 0.1) is 12.1 Å². The maximum atomic E-state index is 10.3. The van der Waals surface area contributed by atoms with Crippen molar-refractivity contribution in [1.82, 2.24) is 4.98 Å². The highest BCUT2D eigenvalue weighted by atomic mass is 127. The van der Waals surface area contributed by atoms with E-state index in [0.29, 0.717) is 5.69 Å². The Hall–Kier alpha value is -0.650. The van der Waals surface area contributed by atoms with Gasteiger partial charge in [0.1, 0.15) is 3.70 Å². The quantitative estimate of drug-likeness (QED) is 0.660. The van der Waals surface area contributed by atoms with Crippen LogP contribution in [0.2, 0.25) is 0 Å². The summed E-state index contributed by atoms with van der Waals surface area (Å²) in [5.41, 5.74) is 1.66. The predicted molar refractivity (Wildman–Crippen MR) is 53.0 cm³/mol. The van der Waals surface area contributed by atoms with E-state index in [1.807, 2.05) is 13.0 Å². The second-order valence-electron chi connectivity index (χ2n) is 2.53. The summed E-state index contributed by atoms with van der Waals surface area (Å²) in [5.74, 6) is -0.844. The van der Waals surface area contributed by atoms with E-state index in [2.05, 4.69) is 27.6 Å². The van der Waals surface area contributed by atoms with Crippen LogP contribution in [0.4, 0.5) is 0 Å². The molecular formula is C8H8INO2. The monoisotopic (exact) mass is 277 g/mol. The van der Waals surface area contributed by atoms with Crippen LogP contribution in [-0.4, -0.2) is 16.1 Å². The number of hydrogen-bond donors (Lipinski definition) is 1. The number of aryl methyl sites for hydroxylation is 1. The van der Waals surface area contributed by atoms with Gasteiger partial charge in [0.25, 0.3) is 0 Å². The summed E-state index contributed by atoms with van der Waals surface area (Å²) in [7, 11) is 0. The smallest absolute Gasteiger partial charge is 0.309 e. The molecule has 0 amide bonds. The molecule has 1 aromatic rings. The molecule has 0 unspecified atom stereocenters. The molecule has 1 rings (SSSR count). The fourth-order valence-electron chi connectivity index (χ4n) is 0.940. The molecule has 1 heterocycles. The number of aliphatic carboxylic acids is 1. The summed E-state index contributed by atoms with van der Waals surface area (Å²) in [4.78, 5) is 14.4. The lowest BCUT2D eigenvalue weighted by molar-refractivity contribution is -0.136. The number of halogens is 1. The number of pyridine rings is 1. The first-order valence-corrected chi connectivity index (χ1v) is 4.50. The van der Waals surface area contributed by atoms with Gasteiger partial charge in [0, 0.05) is 0 Å². The summed E-state index contributed by atoms with van der Waals surface area (Å²) in [6.07, 6.45) is -0.00230. The van der Waals surface area contributed by atoms with E-state index in [4.69, 9.17) is 5.11 Å². The molecule has 0 fully saturated rings. The lowest BCUT2D eigenvalue weighted by Crippen LogP contribution is -2.03. The maximum Gasteiger partial charge on any atom is 0.309 e. The van der Waals surface area contributed by atoms with E-state index in [0.717, 1.165) is 9.26 Å². The van der Waals surface area contributed by atoms with Gasteiger partial charge in [-0.05, 0) is 47.2 Å². The number of carboxylic acid groups (broad SMARTS) is 1. The highest BCUT2D eigenvalue weighted by Crippen LogP contribution is 2.07. The number of aromatic nitrogens is 1. The minimum absolute atomic E-state index is 0.00230. The Kier molecular flexibility index (Phi) is 3.02. The van der Waals surface area contributed by atoms with Gasteiger partial charge in [-0.1, -0.05) is 0 Å². The molecule has 0 saturated carbocycles. The molecular weight excluding hydrogens is 269 g/mol. The Balaban J connectivity index is 2.93. The Bertz CT molecular complexity index is 292. The fraction of sp³-hybridized carbons (Fsp3) is 0.250. The average Bonchev–Trinajstić information content (AvgIpc) is 1.81. The van der Waals surface area contributed by atoms with Gasteiger partial charge in [-0.15, -0.1) is 0 Å². The van der Waals surface area contributed by atoms with E-state index in [1.165, 1.54) is 0 Å². The molecule has 0 aliphatic heterocycles. The third-order valence-electron chi connectivity index (χ3n) is 1.32. The van der Waals surface area contributed by atoms with E-state index in [9.17, 15) is 4.79 Å². The van der Waals surface area contributed by atoms with E-state index in [1.54, 1.807) is 6.07 Å². The Morgan fingerprint density at radius 3 is 2.83 bits per heavy atom. The molecule has 0 aliphatic rings. The lowest BCUT2D eigenvalue weighted by Gasteiger charge is -1.99. The van der Waals surface area contributed by atoms with Crippen LogP contribution in [-0.2, 0) is 11.2 Å². The number of carbonyl (C=O) groups is 1. The normalized spacial score (nSPS) is 9.83. The topological polar surface area (TPSA) is 50.2 Å². The second kappa shape index (κ2) is 3.84. The van der Waals surface area contributed by atoms with Crippen LogP contribution >= 0.6 is 22.6 Å². The molecule has 1 N–H and O–H groups in total. The first-order chi connectivity index (χ1) is 5.58. The Morgan fingerprint density at radius 1 is 1.67 bits per heavy atom. The van der Waals surface area contributed by atoms with Gasteiger partial charge in [0.2, 0.25) is 0 Å². The number of rotatable bonds is 2. The molecule has 0 radical (unpaired) electrons. The number of nitrogens with zero attached hydrogens (tertiary/aromatic N) is 1. The molecule has 4 heteroatoms. The minimum atomic E-state index is -0.844. The van der Waals surface area contributed by atoms with E-state index >= 15 is 0 Å². The third kappa shape index (κ3) is 2.77. The van der Waals surface area contributed by atoms with Crippen molar-refractivity contribution < 1.29 is 9.90 Å². The van der Waals surface area contributed by atoms with Crippen LogP contribution in [0.1, 0.15) is 11.3 Å². The van der Waals surface area contributed by atoms with Crippen molar-refractivity contribution in [3.8, 4) is 0 Å². The summed E-state index contributed by atoms with van der Waals surface area (Å²) >= 11 is 2.07. The van der Waals surface area contributed by atoms with Crippen molar-refractivity contribution in [2.75, 3.05) is 0 Å². The van der Waals surface area contributed by atoms with Crippen molar-refractivity contribution in [2.45, 2.75) is 13.3 Å². The van der Waals surface area contributed by atoms with Gasteiger partial charge < -0.3 is 5.11 Å². The molecule has 0 spiro atoms. The molecule has 0 atom stereocenters. The van der Waals surface area contributed by atoms with Crippen molar-refractivity contribution >= 4 is 28.6 Å². The van der Waals surface area contributed by atoms with Crippen LogP contribution in [0.25, 0.3) is 0 Å². The first kappa shape index (κ1) is 9.44. The van der Waals surface area contributed by atoms with Gasteiger partial charge in [-0.2, -0.15) is 0 Å². The van der Waals surface area contributed by atoms with Crippen molar-refractivity contribution in [2.24, 2.45) is 0 Å². The first-order valence-electron chi connectivity index (χ1n) is 3.43. The van der Waals surface area contributed by atoms with Crippen LogP contribution in [0.15, 0.2) is 12.1 Å². The molecule has 0 aromatic carbocycles. The van der Waals surface area contributed by atoms with Gasteiger partial charge in [0.15, 0.2) is 0 Å². The SMILES string of the molecule is Cc1cc(I)nc(CC(=O)O)c1. The predicted octanol–water partition coefficient (Wildman–Crippen LogP) is 1.62. The van der Waals surface area contributed by atoms with Gasteiger partial charge in [-0.25, -0.2) is 4.98 Å². The zero-order valence-electron chi connectivity index (χ0n) is 6.54. The van der Waals surface area contributed by atoms with Gasteiger partial charge >= 0.3 is 5.97 Å². The second-order valence-corrected chi connectivity index (χ2v) is 3.63. The van der Waals surface area contributed by atoms with Crippen LogP contribution in [0.5, 0.6) is 0 Å². The van der Waals surface area contributed by atoms with Gasteiger partial charge in [-0.3, -0.25) is 4.79 Å². The molecule has 12 heavy (non-hydrogen) atoms. The average molecular weight is 277 g/mol. The summed E-state index contributed by atoms with van der Waals surface area (Å²) < 4.78 is 0.837. The molecule has 0 aliphatic carbocycles. The van der Waals surface area contributed by atoms with Crippen molar-refractivity contribution in [1.29, 1.82) is 0 Å². The van der Waals surface area contributed by atoms with Crippen LogP contribution < -0.4 is 0 Å². The largest absolute Gasteiger partial charge is 0.481 e. The van der Waals surface area contributed by atoms with E-state index < -0.39 is 5.97 Å². The lowest BCUT2D eigenvalue weighted by atomic mass is 10.2. The van der Waals surface area contributed by atoms with Crippen molar-refractivity contribution in [3.05, 3.63) is 27.1 Å². The summed E-state index contributed by atoms with van der Waals surface area (Å²) in [6.45, 7) is 1.93. The van der Waals surface area contributed by atoms with Crippen molar-refractivity contribution in [3.63, 3.8) is 0 Å². The van der Waals surface area contributed by atoms with Crippen LogP contribution in [0, 0.1) is 10.6 Å². The zero-order valence-corrected chi connectivity index (χ0v) is 8.70. The summed E-state index contributed by atoms with van der Waals surface area (Å²) in [5, 5.41) is 8.51. The van der Waals surface area contributed by atoms with E-state index in [-0.39, 0.29) is 6.42 Å². The minimum Gasteiger partial charge on any atom is -0.481 e. The number of hydrogen-bond acceptors (Lipinski definition) is 2. The molecule has 0 saturated heterocycles. The Morgan fingerprint density at radius 2 is 2.33 bits per heavy atom. The number of carboxylic acids is 1. The van der Waals surface area contributed by atoms with Crippen LogP contribution in [0.3, 0.4) is 0 Å². The maximum absolute atomic E-state index is 10.3.